The second kappa shape index (κ2) is 8.09. The van der Waals surface area contributed by atoms with Gasteiger partial charge in [0.1, 0.15) is 23.7 Å². The van der Waals surface area contributed by atoms with E-state index in [9.17, 15) is 0 Å². The van der Waals surface area contributed by atoms with Gasteiger partial charge in [0.05, 0.1) is 12.8 Å². The summed E-state index contributed by atoms with van der Waals surface area (Å²) < 4.78 is 5.32. The zero-order valence-corrected chi connectivity index (χ0v) is 15.4. The molecule has 2 N–H and O–H groups in total. The van der Waals surface area contributed by atoms with E-state index in [0.717, 1.165) is 49.3 Å². The molecule has 3 heterocycles. The Kier molecular flexibility index (Phi) is 5.20. The van der Waals surface area contributed by atoms with Crippen LogP contribution in [0, 0.1) is 0 Å². The van der Waals surface area contributed by atoms with Gasteiger partial charge < -0.3 is 24.9 Å². The number of likely N-dealkylation sites (N-methyl/N-ethyl adjacent to an activating group) is 1. The molecule has 140 valence electrons. The van der Waals surface area contributed by atoms with Crippen molar-refractivity contribution >= 4 is 23.0 Å². The molecule has 7 nitrogen and oxygen atoms in total. The van der Waals surface area contributed by atoms with E-state index in [1.165, 1.54) is 5.69 Å². The summed E-state index contributed by atoms with van der Waals surface area (Å²) in [6.45, 7) is 4.94. The summed E-state index contributed by atoms with van der Waals surface area (Å²) in [5, 5.41) is 6.57. The first-order chi connectivity index (χ1) is 13.3. The van der Waals surface area contributed by atoms with Gasteiger partial charge in [0.25, 0.3) is 0 Å². The second-order valence-electron chi connectivity index (χ2n) is 6.68. The lowest BCUT2D eigenvalue weighted by Crippen LogP contribution is -2.44. The van der Waals surface area contributed by atoms with E-state index < -0.39 is 0 Å². The Morgan fingerprint density at radius 1 is 1.00 bits per heavy atom. The predicted molar refractivity (Wildman–Crippen MR) is 108 cm³/mol. The summed E-state index contributed by atoms with van der Waals surface area (Å²) in [5.41, 5.74) is 2.26. The molecule has 4 rings (SSSR count). The minimum Gasteiger partial charge on any atom is -0.467 e. The van der Waals surface area contributed by atoms with Gasteiger partial charge in [0.2, 0.25) is 0 Å². The Hall–Kier alpha value is -3.06. The highest BCUT2D eigenvalue weighted by Gasteiger charge is 2.14. The van der Waals surface area contributed by atoms with Gasteiger partial charge in [-0.25, -0.2) is 9.97 Å². The van der Waals surface area contributed by atoms with Gasteiger partial charge in [-0.15, -0.1) is 0 Å². The Morgan fingerprint density at radius 3 is 2.52 bits per heavy atom. The van der Waals surface area contributed by atoms with Crippen molar-refractivity contribution in [3.05, 3.63) is 60.8 Å². The minimum absolute atomic E-state index is 0.586. The van der Waals surface area contributed by atoms with Gasteiger partial charge in [-0.05, 0) is 43.4 Å². The van der Waals surface area contributed by atoms with Crippen molar-refractivity contribution in [2.45, 2.75) is 6.54 Å². The maximum Gasteiger partial charge on any atom is 0.135 e. The third-order valence-corrected chi connectivity index (χ3v) is 4.70. The molecule has 3 aromatic rings. The molecule has 27 heavy (non-hydrogen) atoms. The summed E-state index contributed by atoms with van der Waals surface area (Å²) in [5.74, 6) is 2.36. The standard InChI is InChI=1S/C20H24N6O/c1-25-8-10-26(11-9-25)17-6-4-16(5-7-17)24-20-13-19(22-15-23-20)21-14-18-3-2-12-27-18/h2-7,12-13,15H,8-11,14H2,1H3,(H2,21,22,23,24). The van der Waals surface area contributed by atoms with Crippen LogP contribution < -0.4 is 15.5 Å². The molecule has 0 unspecified atom stereocenters. The van der Waals surface area contributed by atoms with E-state index in [2.05, 4.69) is 61.7 Å². The molecule has 0 bridgehead atoms. The second-order valence-corrected chi connectivity index (χ2v) is 6.68. The number of piperazine rings is 1. The first kappa shape index (κ1) is 17.4. The quantitative estimate of drug-likeness (QED) is 0.696. The van der Waals surface area contributed by atoms with Crippen LogP contribution in [0.5, 0.6) is 0 Å². The molecule has 0 aliphatic carbocycles. The molecule has 1 saturated heterocycles. The monoisotopic (exact) mass is 364 g/mol. The van der Waals surface area contributed by atoms with Crippen LogP contribution in [0.1, 0.15) is 5.76 Å². The Morgan fingerprint density at radius 2 is 1.78 bits per heavy atom. The average molecular weight is 364 g/mol. The Balaban J connectivity index is 1.36. The number of aromatic nitrogens is 2. The summed E-state index contributed by atoms with van der Waals surface area (Å²) in [4.78, 5) is 13.3. The van der Waals surface area contributed by atoms with Crippen molar-refractivity contribution in [3.8, 4) is 0 Å². The van der Waals surface area contributed by atoms with Crippen LogP contribution in [0.25, 0.3) is 0 Å². The van der Waals surface area contributed by atoms with Crippen molar-refractivity contribution in [3.63, 3.8) is 0 Å². The van der Waals surface area contributed by atoms with Crippen LogP contribution in [0.4, 0.5) is 23.0 Å². The van der Waals surface area contributed by atoms with Crippen molar-refractivity contribution in [1.82, 2.24) is 14.9 Å². The molecule has 1 aromatic carbocycles. The minimum atomic E-state index is 0.586. The van der Waals surface area contributed by atoms with Crippen LogP contribution >= 0.6 is 0 Å². The van der Waals surface area contributed by atoms with Crippen LogP contribution in [-0.4, -0.2) is 48.1 Å². The van der Waals surface area contributed by atoms with Crippen molar-refractivity contribution < 1.29 is 4.42 Å². The molecule has 1 aliphatic heterocycles. The molecule has 1 fully saturated rings. The van der Waals surface area contributed by atoms with Crippen LogP contribution in [-0.2, 0) is 6.54 Å². The fourth-order valence-electron chi connectivity index (χ4n) is 3.08. The van der Waals surface area contributed by atoms with Gasteiger partial charge in [-0.1, -0.05) is 0 Å². The van der Waals surface area contributed by atoms with Gasteiger partial charge in [0.15, 0.2) is 0 Å². The molecule has 0 radical (unpaired) electrons. The summed E-state index contributed by atoms with van der Waals surface area (Å²) in [6.07, 6.45) is 3.21. The van der Waals surface area contributed by atoms with Crippen LogP contribution in [0.2, 0.25) is 0 Å². The first-order valence-corrected chi connectivity index (χ1v) is 9.15. The highest BCUT2D eigenvalue weighted by Crippen LogP contribution is 2.22. The van der Waals surface area contributed by atoms with Crippen molar-refractivity contribution in [1.29, 1.82) is 0 Å². The van der Waals surface area contributed by atoms with Crippen molar-refractivity contribution in [2.24, 2.45) is 0 Å². The number of furan rings is 1. The molecule has 1 aliphatic rings. The number of nitrogens with zero attached hydrogens (tertiary/aromatic N) is 4. The highest BCUT2D eigenvalue weighted by molar-refractivity contribution is 5.62. The molecule has 0 spiro atoms. The van der Waals surface area contributed by atoms with Gasteiger partial charge in [-0.2, -0.15) is 0 Å². The number of nitrogens with one attached hydrogen (secondary N) is 2. The number of hydrogen-bond donors (Lipinski definition) is 2. The van der Waals surface area contributed by atoms with E-state index in [-0.39, 0.29) is 0 Å². The number of hydrogen-bond acceptors (Lipinski definition) is 7. The lowest BCUT2D eigenvalue weighted by atomic mass is 10.2. The number of rotatable bonds is 6. The topological polar surface area (TPSA) is 69.5 Å². The molecule has 2 aromatic heterocycles. The molecule has 0 amide bonds. The smallest absolute Gasteiger partial charge is 0.135 e. The zero-order valence-electron chi connectivity index (χ0n) is 15.4. The summed E-state index contributed by atoms with van der Waals surface area (Å²) >= 11 is 0. The average Bonchev–Trinajstić information content (AvgIpc) is 3.22. The lowest BCUT2D eigenvalue weighted by Gasteiger charge is -2.34. The maximum absolute atomic E-state index is 5.32. The van der Waals surface area contributed by atoms with Crippen LogP contribution in [0.3, 0.4) is 0 Å². The Bertz CT molecular complexity index is 841. The number of anilines is 4. The highest BCUT2D eigenvalue weighted by atomic mass is 16.3. The van der Waals surface area contributed by atoms with E-state index in [4.69, 9.17) is 4.42 Å². The van der Waals surface area contributed by atoms with E-state index in [0.29, 0.717) is 6.54 Å². The molecule has 0 atom stereocenters. The van der Waals surface area contributed by atoms with Gasteiger partial charge in [-0.3, -0.25) is 0 Å². The summed E-state index contributed by atoms with van der Waals surface area (Å²) in [6, 6.07) is 14.2. The molecular formula is C20H24N6O. The van der Waals surface area contributed by atoms with E-state index >= 15 is 0 Å². The fraction of sp³-hybridized carbons (Fsp3) is 0.300. The maximum atomic E-state index is 5.32. The van der Waals surface area contributed by atoms with Gasteiger partial charge >= 0.3 is 0 Å². The van der Waals surface area contributed by atoms with E-state index in [1.54, 1.807) is 12.6 Å². The SMILES string of the molecule is CN1CCN(c2ccc(Nc3cc(NCc4ccco4)ncn3)cc2)CC1. The van der Waals surface area contributed by atoms with Crippen LogP contribution in [0.15, 0.2) is 59.5 Å². The first-order valence-electron chi connectivity index (χ1n) is 9.15. The normalized spacial score (nSPS) is 14.9. The van der Waals surface area contributed by atoms with E-state index in [1.807, 2.05) is 18.2 Å². The Labute approximate surface area is 159 Å². The summed E-state index contributed by atoms with van der Waals surface area (Å²) in [7, 11) is 2.17. The third-order valence-electron chi connectivity index (χ3n) is 4.70. The fourth-order valence-corrected chi connectivity index (χ4v) is 3.08. The third kappa shape index (κ3) is 4.57. The lowest BCUT2D eigenvalue weighted by molar-refractivity contribution is 0.313. The molecule has 0 saturated carbocycles. The zero-order chi connectivity index (χ0) is 18.5. The molecular weight excluding hydrogens is 340 g/mol. The molecule has 7 heteroatoms. The van der Waals surface area contributed by atoms with Gasteiger partial charge in [0, 0.05) is 43.6 Å². The number of benzene rings is 1. The largest absolute Gasteiger partial charge is 0.467 e. The predicted octanol–water partition coefficient (Wildman–Crippen LogP) is 3.18. The van der Waals surface area contributed by atoms with Crippen molar-refractivity contribution in [2.75, 3.05) is 48.8 Å².